The molecule has 0 radical (unpaired) electrons. The van der Waals surface area contributed by atoms with Crippen LogP contribution in [0, 0.1) is 5.82 Å². The average Bonchev–Trinajstić information content (AvgIpc) is 2.81. The predicted molar refractivity (Wildman–Crippen MR) is 121 cm³/mol. The largest absolute Gasteiger partial charge is 0.458 e. The summed E-state index contributed by atoms with van der Waals surface area (Å²) in [5, 5.41) is 3.98. The minimum Gasteiger partial charge on any atom is -0.458 e. The van der Waals surface area contributed by atoms with E-state index in [-0.39, 0.29) is 17.5 Å². The monoisotopic (exact) mass is 449 g/mol. The number of halogens is 1. The van der Waals surface area contributed by atoms with Gasteiger partial charge in [-0.2, -0.15) is 0 Å². The van der Waals surface area contributed by atoms with Crippen LogP contribution in [0.15, 0.2) is 49.2 Å². The highest BCUT2D eigenvalue weighted by atomic mass is 19.1. The zero-order valence-corrected chi connectivity index (χ0v) is 18.2. The second kappa shape index (κ2) is 9.87. The maximum Gasteiger partial charge on any atom is 0.303 e. The van der Waals surface area contributed by atoms with E-state index in [1.54, 1.807) is 18.3 Å². The molecule has 0 saturated carbocycles. The van der Waals surface area contributed by atoms with Crippen LogP contribution in [0.4, 0.5) is 4.39 Å². The number of ether oxygens (including phenoxy) is 2. The van der Waals surface area contributed by atoms with Crippen molar-refractivity contribution in [2.75, 3.05) is 13.2 Å². The van der Waals surface area contributed by atoms with Crippen LogP contribution in [0.2, 0.25) is 0 Å². The molecule has 33 heavy (non-hydrogen) atoms. The summed E-state index contributed by atoms with van der Waals surface area (Å²) in [5.74, 6) is -0.813. The van der Waals surface area contributed by atoms with Crippen LogP contribution in [0.1, 0.15) is 40.7 Å². The Morgan fingerprint density at radius 2 is 2.21 bits per heavy atom. The van der Waals surface area contributed by atoms with E-state index in [0.717, 1.165) is 11.1 Å². The van der Waals surface area contributed by atoms with Crippen molar-refractivity contribution in [3.05, 3.63) is 77.5 Å². The fourth-order valence-corrected chi connectivity index (χ4v) is 3.92. The number of benzene rings is 1. The lowest BCUT2D eigenvalue weighted by Crippen LogP contribution is -2.47. The van der Waals surface area contributed by atoms with Gasteiger partial charge in [0, 0.05) is 25.1 Å². The maximum atomic E-state index is 14.7. The van der Waals surface area contributed by atoms with Gasteiger partial charge in [0.15, 0.2) is 6.29 Å². The number of nitrogens with zero attached hydrogens (tertiary/aromatic N) is 2. The molecule has 1 aliphatic heterocycles. The van der Waals surface area contributed by atoms with Gasteiger partial charge >= 0.3 is 5.97 Å². The number of aromatic nitrogens is 2. The Hall–Kier alpha value is -3.65. The summed E-state index contributed by atoms with van der Waals surface area (Å²) in [6.07, 6.45) is 2.97. The average molecular weight is 449 g/mol. The molecule has 7 nitrogen and oxygen atoms in total. The van der Waals surface area contributed by atoms with Crippen LogP contribution in [-0.2, 0) is 20.7 Å². The van der Waals surface area contributed by atoms with Crippen molar-refractivity contribution in [2.24, 2.45) is 0 Å². The SMILES string of the molecule is C=C(N[C@H]1CCOC[C@@H]1OC(C)=O)c1cc(Cc2ccc(C=O)nc2)c2cccc(F)c2n1. The van der Waals surface area contributed by atoms with E-state index < -0.39 is 11.9 Å². The number of esters is 1. The molecule has 1 N–H and O–H groups in total. The number of hydrogen-bond donors (Lipinski definition) is 1. The number of para-hydroxylation sites is 1. The minimum atomic E-state index is -0.452. The number of hydrogen-bond acceptors (Lipinski definition) is 7. The van der Waals surface area contributed by atoms with Gasteiger partial charge in [0.2, 0.25) is 0 Å². The van der Waals surface area contributed by atoms with Gasteiger partial charge in [0.1, 0.15) is 23.1 Å². The van der Waals surface area contributed by atoms with E-state index in [1.807, 2.05) is 18.2 Å². The van der Waals surface area contributed by atoms with Gasteiger partial charge in [0.25, 0.3) is 0 Å². The van der Waals surface area contributed by atoms with E-state index in [2.05, 4.69) is 21.9 Å². The molecular formula is C25H24FN3O4. The topological polar surface area (TPSA) is 90.4 Å². The molecule has 2 atom stereocenters. The molecule has 0 amide bonds. The Bertz CT molecular complexity index is 1200. The molecule has 4 rings (SSSR count). The highest BCUT2D eigenvalue weighted by Crippen LogP contribution is 2.26. The molecule has 0 spiro atoms. The smallest absolute Gasteiger partial charge is 0.303 e. The van der Waals surface area contributed by atoms with Gasteiger partial charge in [-0.3, -0.25) is 14.6 Å². The van der Waals surface area contributed by atoms with Crippen LogP contribution in [0.25, 0.3) is 16.6 Å². The molecule has 170 valence electrons. The first-order chi connectivity index (χ1) is 15.9. The van der Waals surface area contributed by atoms with Gasteiger partial charge < -0.3 is 14.8 Å². The number of carbonyl (C=O) groups excluding carboxylic acids is 2. The van der Waals surface area contributed by atoms with Crippen LogP contribution >= 0.6 is 0 Å². The first kappa shape index (κ1) is 22.5. The highest BCUT2D eigenvalue weighted by Gasteiger charge is 2.29. The summed E-state index contributed by atoms with van der Waals surface area (Å²) in [4.78, 5) is 31.0. The summed E-state index contributed by atoms with van der Waals surface area (Å²) in [7, 11) is 0. The molecule has 1 aromatic carbocycles. The Kier molecular flexibility index (Phi) is 6.74. The summed E-state index contributed by atoms with van der Waals surface area (Å²) in [5.41, 5.74) is 3.31. The van der Waals surface area contributed by atoms with Crippen molar-refractivity contribution in [3.63, 3.8) is 0 Å². The van der Waals surface area contributed by atoms with E-state index in [1.165, 1.54) is 13.0 Å². The molecule has 1 fully saturated rings. The van der Waals surface area contributed by atoms with Crippen molar-refractivity contribution >= 4 is 28.9 Å². The van der Waals surface area contributed by atoms with E-state index in [9.17, 15) is 14.0 Å². The third-order valence-corrected chi connectivity index (χ3v) is 5.53. The van der Waals surface area contributed by atoms with Gasteiger partial charge in [0.05, 0.1) is 24.0 Å². The summed E-state index contributed by atoms with van der Waals surface area (Å²) in [6, 6.07) is 9.98. The zero-order chi connectivity index (χ0) is 23.4. The summed E-state index contributed by atoms with van der Waals surface area (Å²) < 4.78 is 25.5. The number of carbonyl (C=O) groups is 2. The summed E-state index contributed by atoms with van der Waals surface area (Å²) in [6.45, 7) is 6.29. The molecule has 3 heterocycles. The van der Waals surface area contributed by atoms with Crippen LogP contribution in [0.5, 0.6) is 0 Å². The van der Waals surface area contributed by atoms with Crippen LogP contribution in [0.3, 0.4) is 0 Å². The molecule has 0 unspecified atom stereocenters. The fourth-order valence-electron chi connectivity index (χ4n) is 3.92. The summed E-state index contributed by atoms with van der Waals surface area (Å²) >= 11 is 0. The van der Waals surface area contributed by atoms with Crippen LogP contribution < -0.4 is 5.32 Å². The molecule has 1 aliphatic rings. The third kappa shape index (κ3) is 5.23. The Balaban J connectivity index is 1.65. The normalized spacial score (nSPS) is 18.0. The van der Waals surface area contributed by atoms with E-state index in [0.29, 0.717) is 54.8 Å². The van der Waals surface area contributed by atoms with Gasteiger partial charge in [-0.1, -0.05) is 24.8 Å². The Morgan fingerprint density at radius 3 is 2.94 bits per heavy atom. The van der Waals surface area contributed by atoms with E-state index in [4.69, 9.17) is 9.47 Å². The minimum absolute atomic E-state index is 0.197. The second-order valence-corrected chi connectivity index (χ2v) is 7.93. The van der Waals surface area contributed by atoms with Gasteiger partial charge in [-0.15, -0.1) is 0 Å². The molecule has 2 aromatic heterocycles. The first-order valence-electron chi connectivity index (χ1n) is 10.6. The molecule has 3 aromatic rings. The molecule has 8 heteroatoms. The lowest BCUT2D eigenvalue weighted by atomic mass is 9.99. The maximum absolute atomic E-state index is 14.7. The number of pyridine rings is 2. The highest BCUT2D eigenvalue weighted by molar-refractivity contribution is 5.85. The Labute approximate surface area is 190 Å². The van der Waals surface area contributed by atoms with Gasteiger partial charge in [-0.05, 0) is 42.2 Å². The molecule has 0 bridgehead atoms. The molecular weight excluding hydrogens is 425 g/mol. The van der Waals surface area contributed by atoms with Crippen molar-refractivity contribution in [1.29, 1.82) is 0 Å². The lowest BCUT2D eigenvalue weighted by Gasteiger charge is -2.32. The quantitative estimate of drug-likeness (QED) is 0.436. The second-order valence-electron chi connectivity index (χ2n) is 7.93. The van der Waals surface area contributed by atoms with Crippen molar-refractivity contribution in [1.82, 2.24) is 15.3 Å². The van der Waals surface area contributed by atoms with Crippen molar-refractivity contribution in [2.45, 2.75) is 31.9 Å². The molecule has 1 saturated heterocycles. The zero-order valence-electron chi connectivity index (χ0n) is 18.2. The number of fused-ring (bicyclic) bond motifs is 1. The number of rotatable bonds is 7. The van der Waals surface area contributed by atoms with Gasteiger partial charge in [-0.25, -0.2) is 9.37 Å². The first-order valence-corrected chi connectivity index (χ1v) is 10.6. The van der Waals surface area contributed by atoms with Crippen molar-refractivity contribution in [3.8, 4) is 0 Å². The van der Waals surface area contributed by atoms with Crippen molar-refractivity contribution < 1.29 is 23.5 Å². The fraction of sp³-hybridized carbons (Fsp3) is 0.280. The number of aldehydes is 1. The predicted octanol–water partition coefficient (Wildman–Crippen LogP) is 3.45. The lowest BCUT2D eigenvalue weighted by molar-refractivity contribution is -0.154. The number of nitrogens with one attached hydrogen (secondary N) is 1. The standard InChI is InChI=1S/C25H24FN3O4/c1-15(28-22-8-9-32-14-24(22)33-16(2)31)23-11-18(10-17-6-7-19(13-30)27-12-17)20-4-3-5-21(26)25(20)29-23/h3-7,11-13,22,24,28H,1,8-10,14H2,2H3/t22-,24-/m0/s1. The molecule has 0 aliphatic carbocycles. The van der Waals surface area contributed by atoms with E-state index >= 15 is 0 Å². The van der Waals surface area contributed by atoms with Crippen LogP contribution in [-0.4, -0.2) is 47.6 Å². The third-order valence-electron chi connectivity index (χ3n) is 5.53. The Morgan fingerprint density at radius 1 is 1.36 bits per heavy atom.